The molecule has 1 aromatic heterocycles. The van der Waals surface area contributed by atoms with E-state index in [0.717, 1.165) is 19.4 Å². The Labute approximate surface area is 100 Å². The minimum atomic E-state index is -0.913. The molecule has 0 aliphatic carbocycles. The van der Waals surface area contributed by atoms with E-state index >= 15 is 0 Å². The Morgan fingerprint density at radius 3 is 2.82 bits per heavy atom. The van der Waals surface area contributed by atoms with Crippen molar-refractivity contribution in [3.63, 3.8) is 0 Å². The predicted octanol–water partition coefficient (Wildman–Crippen LogP) is 1.57. The molecule has 0 aromatic carbocycles. The highest BCUT2D eigenvalue weighted by atomic mass is 16.4. The summed E-state index contributed by atoms with van der Waals surface area (Å²) in [6.07, 6.45) is 3.59. The summed E-state index contributed by atoms with van der Waals surface area (Å²) in [5, 5.41) is 14.7. The summed E-state index contributed by atoms with van der Waals surface area (Å²) >= 11 is 0. The SMILES string of the molecule is CCCCNc1cc(NC(C)C(=O)O)ncn1. The van der Waals surface area contributed by atoms with Gasteiger partial charge in [0, 0.05) is 12.6 Å². The van der Waals surface area contributed by atoms with Crippen LogP contribution < -0.4 is 10.6 Å². The van der Waals surface area contributed by atoms with E-state index in [1.54, 1.807) is 13.0 Å². The average molecular weight is 238 g/mol. The first kappa shape index (κ1) is 13.2. The third-order valence-corrected chi connectivity index (χ3v) is 2.24. The molecule has 0 spiro atoms. The van der Waals surface area contributed by atoms with Crippen LogP contribution in [-0.2, 0) is 4.79 Å². The van der Waals surface area contributed by atoms with Gasteiger partial charge in [-0.15, -0.1) is 0 Å². The number of rotatable bonds is 7. The second-order valence-electron chi connectivity index (χ2n) is 3.77. The van der Waals surface area contributed by atoms with Gasteiger partial charge in [0.25, 0.3) is 0 Å². The van der Waals surface area contributed by atoms with E-state index in [2.05, 4.69) is 27.5 Å². The molecule has 1 atom stereocenters. The number of carboxylic acids is 1. The van der Waals surface area contributed by atoms with Crippen molar-refractivity contribution in [1.29, 1.82) is 0 Å². The molecule has 94 valence electrons. The van der Waals surface area contributed by atoms with Gasteiger partial charge in [-0.3, -0.25) is 4.79 Å². The van der Waals surface area contributed by atoms with Gasteiger partial charge in [0.05, 0.1) is 0 Å². The molecule has 6 heteroatoms. The largest absolute Gasteiger partial charge is 0.480 e. The quantitative estimate of drug-likeness (QED) is 0.625. The number of aliphatic carboxylic acids is 1. The third-order valence-electron chi connectivity index (χ3n) is 2.24. The monoisotopic (exact) mass is 238 g/mol. The molecule has 1 unspecified atom stereocenters. The van der Waals surface area contributed by atoms with Crippen LogP contribution in [-0.4, -0.2) is 33.6 Å². The number of hydrogen-bond acceptors (Lipinski definition) is 5. The molecule has 0 aliphatic heterocycles. The van der Waals surface area contributed by atoms with Crippen LogP contribution in [0, 0.1) is 0 Å². The van der Waals surface area contributed by atoms with E-state index in [9.17, 15) is 4.79 Å². The molecule has 1 rings (SSSR count). The molecular weight excluding hydrogens is 220 g/mol. The molecule has 0 saturated heterocycles. The first-order chi connectivity index (χ1) is 8.13. The minimum absolute atomic E-state index is 0.508. The maximum Gasteiger partial charge on any atom is 0.325 e. The van der Waals surface area contributed by atoms with Gasteiger partial charge < -0.3 is 15.7 Å². The molecule has 0 radical (unpaired) electrons. The Morgan fingerprint density at radius 1 is 1.47 bits per heavy atom. The average Bonchev–Trinajstić information content (AvgIpc) is 2.30. The van der Waals surface area contributed by atoms with Gasteiger partial charge >= 0.3 is 5.97 Å². The van der Waals surface area contributed by atoms with Gasteiger partial charge in [0.1, 0.15) is 24.0 Å². The molecule has 0 aliphatic rings. The van der Waals surface area contributed by atoms with Crippen molar-refractivity contribution in [3.8, 4) is 0 Å². The Bertz CT molecular complexity index is 370. The van der Waals surface area contributed by atoms with Crippen LogP contribution >= 0.6 is 0 Å². The summed E-state index contributed by atoms with van der Waals surface area (Å²) < 4.78 is 0. The summed E-state index contributed by atoms with van der Waals surface area (Å²) in [5.74, 6) is 0.298. The van der Waals surface area contributed by atoms with Crippen LogP contribution in [0.15, 0.2) is 12.4 Å². The van der Waals surface area contributed by atoms with Gasteiger partial charge in [0.15, 0.2) is 0 Å². The van der Waals surface area contributed by atoms with Crippen LogP contribution in [0.4, 0.5) is 11.6 Å². The van der Waals surface area contributed by atoms with E-state index in [4.69, 9.17) is 5.11 Å². The normalized spacial score (nSPS) is 11.9. The zero-order valence-electron chi connectivity index (χ0n) is 10.1. The van der Waals surface area contributed by atoms with Gasteiger partial charge in [0.2, 0.25) is 0 Å². The van der Waals surface area contributed by atoms with E-state index < -0.39 is 12.0 Å². The van der Waals surface area contributed by atoms with Crippen molar-refractivity contribution in [3.05, 3.63) is 12.4 Å². The fourth-order valence-electron chi connectivity index (χ4n) is 1.21. The summed E-state index contributed by atoms with van der Waals surface area (Å²) in [4.78, 5) is 18.7. The van der Waals surface area contributed by atoms with Crippen LogP contribution in [0.25, 0.3) is 0 Å². The topological polar surface area (TPSA) is 87.1 Å². The molecule has 0 amide bonds. The number of hydrogen-bond donors (Lipinski definition) is 3. The van der Waals surface area contributed by atoms with Crippen molar-refractivity contribution in [2.45, 2.75) is 32.7 Å². The van der Waals surface area contributed by atoms with E-state index in [-0.39, 0.29) is 0 Å². The fourth-order valence-corrected chi connectivity index (χ4v) is 1.21. The zero-order valence-corrected chi connectivity index (χ0v) is 10.1. The van der Waals surface area contributed by atoms with Crippen LogP contribution in [0.3, 0.4) is 0 Å². The molecule has 0 saturated carbocycles. The van der Waals surface area contributed by atoms with Gasteiger partial charge in [-0.05, 0) is 13.3 Å². The number of anilines is 2. The lowest BCUT2D eigenvalue weighted by atomic mass is 10.3. The summed E-state index contributed by atoms with van der Waals surface area (Å²) in [6, 6.07) is 1.03. The zero-order chi connectivity index (χ0) is 12.7. The van der Waals surface area contributed by atoms with E-state index in [0.29, 0.717) is 11.6 Å². The number of carboxylic acid groups (broad SMARTS) is 1. The third kappa shape index (κ3) is 4.67. The molecule has 1 heterocycles. The molecule has 0 fully saturated rings. The molecule has 1 aromatic rings. The number of nitrogens with one attached hydrogen (secondary N) is 2. The summed E-state index contributed by atoms with van der Waals surface area (Å²) in [7, 11) is 0. The van der Waals surface area contributed by atoms with Gasteiger partial charge in [-0.2, -0.15) is 0 Å². The van der Waals surface area contributed by atoms with Crippen LogP contribution in [0.1, 0.15) is 26.7 Å². The van der Waals surface area contributed by atoms with Crippen molar-refractivity contribution in [2.24, 2.45) is 0 Å². The molecule has 3 N–H and O–H groups in total. The lowest BCUT2D eigenvalue weighted by Crippen LogP contribution is -2.25. The first-order valence-electron chi connectivity index (χ1n) is 5.68. The van der Waals surface area contributed by atoms with E-state index in [1.807, 2.05) is 0 Å². The number of unbranched alkanes of at least 4 members (excludes halogenated alkanes) is 1. The second kappa shape index (κ2) is 6.67. The second-order valence-corrected chi connectivity index (χ2v) is 3.77. The standard InChI is InChI=1S/C11H18N4O2/c1-3-4-5-12-9-6-10(14-7-13-9)15-8(2)11(16)17/h6-8H,3-5H2,1-2H3,(H,16,17)(H2,12,13,14,15). The summed E-state index contributed by atoms with van der Waals surface area (Å²) in [5.41, 5.74) is 0. The predicted molar refractivity (Wildman–Crippen MR) is 66.2 cm³/mol. The Balaban J connectivity index is 2.56. The van der Waals surface area contributed by atoms with Crippen molar-refractivity contribution in [2.75, 3.05) is 17.2 Å². The number of nitrogens with zero attached hydrogens (tertiary/aromatic N) is 2. The number of aromatic nitrogens is 2. The van der Waals surface area contributed by atoms with Crippen LogP contribution in [0.2, 0.25) is 0 Å². The lowest BCUT2D eigenvalue weighted by molar-refractivity contribution is -0.137. The smallest absolute Gasteiger partial charge is 0.325 e. The molecule has 17 heavy (non-hydrogen) atoms. The fraction of sp³-hybridized carbons (Fsp3) is 0.545. The van der Waals surface area contributed by atoms with Crippen molar-refractivity contribution < 1.29 is 9.90 Å². The Hall–Kier alpha value is -1.85. The van der Waals surface area contributed by atoms with Crippen molar-refractivity contribution >= 4 is 17.6 Å². The molecular formula is C11H18N4O2. The molecule has 6 nitrogen and oxygen atoms in total. The Morgan fingerprint density at radius 2 is 2.18 bits per heavy atom. The van der Waals surface area contributed by atoms with Gasteiger partial charge in [-0.1, -0.05) is 13.3 Å². The highest BCUT2D eigenvalue weighted by molar-refractivity contribution is 5.76. The Kier molecular flexibility index (Phi) is 5.19. The highest BCUT2D eigenvalue weighted by Gasteiger charge is 2.10. The number of carbonyl (C=O) groups is 1. The van der Waals surface area contributed by atoms with Crippen molar-refractivity contribution in [1.82, 2.24) is 9.97 Å². The first-order valence-corrected chi connectivity index (χ1v) is 5.68. The minimum Gasteiger partial charge on any atom is -0.480 e. The van der Waals surface area contributed by atoms with E-state index in [1.165, 1.54) is 6.33 Å². The maximum atomic E-state index is 10.7. The lowest BCUT2D eigenvalue weighted by Gasteiger charge is -2.11. The maximum absolute atomic E-state index is 10.7. The van der Waals surface area contributed by atoms with Crippen LogP contribution in [0.5, 0.6) is 0 Å². The highest BCUT2D eigenvalue weighted by Crippen LogP contribution is 2.09. The summed E-state index contributed by atoms with van der Waals surface area (Å²) in [6.45, 7) is 4.53. The van der Waals surface area contributed by atoms with Gasteiger partial charge in [-0.25, -0.2) is 9.97 Å². The molecule has 0 bridgehead atoms.